The van der Waals surface area contributed by atoms with Gasteiger partial charge in [-0.1, -0.05) is 0 Å². The molecule has 1 atom stereocenters. The number of hydrogen-bond acceptors (Lipinski definition) is 6. The summed E-state index contributed by atoms with van der Waals surface area (Å²) in [6.45, 7) is 3.56. The lowest BCUT2D eigenvalue weighted by Crippen LogP contribution is -2.40. The molecule has 1 aromatic heterocycles. The van der Waals surface area contributed by atoms with E-state index < -0.39 is 15.8 Å². The van der Waals surface area contributed by atoms with Gasteiger partial charge in [-0.3, -0.25) is 4.79 Å². The third-order valence-corrected chi connectivity index (χ3v) is 6.08. The Bertz CT molecular complexity index is 574. The van der Waals surface area contributed by atoms with Crippen LogP contribution in [0.5, 0.6) is 0 Å². The molecule has 0 aromatic carbocycles. The zero-order valence-corrected chi connectivity index (χ0v) is 12.4. The largest absolute Gasteiger partial charge is 0.480 e. The number of carboxylic acids is 1. The normalized spacial score (nSPS) is 21.5. The van der Waals surface area contributed by atoms with Crippen LogP contribution in [0.15, 0.2) is 0 Å². The van der Waals surface area contributed by atoms with E-state index in [1.165, 1.54) is 11.3 Å². The van der Waals surface area contributed by atoms with Crippen LogP contribution in [0.1, 0.15) is 17.0 Å². The number of aromatic nitrogens is 1. The number of hydrogen-bond donors (Lipinski definition) is 1. The Kier molecular flexibility index (Phi) is 3.82. The van der Waals surface area contributed by atoms with Crippen LogP contribution in [0.2, 0.25) is 0 Å². The van der Waals surface area contributed by atoms with Crippen LogP contribution in [-0.2, 0) is 14.6 Å². The molecule has 1 aliphatic rings. The third-order valence-electron chi connectivity index (χ3n) is 3.22. The molecule has 8 heteroatoms. The molecule has 19 heavy (non-hydrogen) atoms. The van der Waals surface area contributed by atoms with E-state index in [1.807, 2.05) is 13.8 Å². The van der Waals surface area contributed by atoms with Crippen LogP contribution in [0.3, 0.4) is 0 Å². The van der Waals surface area contributed by atoms with Gasteiger partial charge in [-0.25, -0.2) is 13.4 Å². The van der Waals surface area contributed by atoms with E-state index in [2.05, 4.69) is 4.98 Å². The topological polar surface area (TPSA) is 87.6 Å². The van der Waals surface area contributed by atoms with Gasteiger partial charge in [-0.15, -0.1) is 11.3 Å². The molecule has 2 rings (SSSR count). The van der Waals surface area contributed by atoms with E-state index in [1.54, 1.807) is 4.90 Å². The molecular weight excluding hydrogens is 288 g/mol. The van der Waals surface area contributed by atoms with E-state index in [-0.39, 0.29) is 24.1 Å². The van der Waals surface area contributed by atoms with Gasteiger partial charge in [0.25, 0.3) is 0 Å². The predicted octanol–water partition coefficient (Wildman–Crippen LogP) is 0.838. The molecule has 0 bridgehead atoms. The monoisotopic (exact) mass is 304 g/mol. The van der Waals surface area contributed by atoms with Crippen LogP contribution in [0, 0.1) is 13.8 Å². The Balaban J connectivity index is 2.28. The quantitative estimate of drug-likeness (QED) is 0.887. The fraction of sp³-hybridized carbons (Fsp3) is 0.636. The van der Waals surface area contributed by atoms with E-state index in [0.717, 1.165) is 10.6 Å². The summed E-state index contributed by atoms with van der Waals surface area (Å²) < 4.78 is 23.1. The second kappa shape index (κ2) is 5.09. The molecule has 106 valence electrons. The molecule has 6 nitrogen and oxygen atoms in total. The van der Waals surface area contributed by atoms with Crippen molar-refractivity contribution < 1.29 is 18.3 Å². The summed E-state index contributed by atoms with van der Waals surface area (Å²) >= 11 is 1.41. The van der Waals surface area contributed by atoms with Crippen LogP contribution in [0.25, 0.3) is 0 Å². The van der Waals surface area contributed by atoms with Crippen LogP contribution in [-0.4, -0.2) is 48.6 Å². The molecule has 1 saturated heterocycles. The molecule has 1 fully saturated rings. The molecular formula is C11H16N2O4S2. The molecule has 1 aliphatic heterocycles. The molecule has 0 spiro atoms. The fourth-order valence-corrected chi connectivity index (χ4v) is 4.81. The van der Waals surface area contributed by atoms with Crippen LogP contribution < -0.4 is 4.90 Å². The second-order valence-corrected chi connectivity index (χ2v) is 8.13. The molecule has 0 amide bonds. The summed E-state index contributed by atoms with van der Waals surface area (Å²) in [5.41, 5.74) is 0.858. The van der Waals surface area contributed by atoms with Crippen LogP contribution >= 0.6 is 11.3 Å². The van der Waals surface area contributed by atoms with E-state index in [9.17, 15) is 13.2 Å². The summed E-state index contributed by atoms with van der Waals surface area (Å²) in [7, 11) is -3.05. The highest BCUT2D eigenvalue weighted by molar-refractivity contribution is 7.91. The summed E-state index contributed by atoms with van der Waals surface area (Å²) in [6.07, 6.45) is 0.466. The maximum Gasteiger partial charge on any atom is 0.323 e. The van der Waals surface area contributed by atoms with Crippen molar-refractivity contribution in [3.63, 3.8) is 0 Å². The minimum Gasteiger partial charge on any atom is -0.480 e. The standard InChI is InChI=1S/C11H16N2O4S2/c1-7-8(2)18-11(12-7)13(5-10(14)15)9-3-4-19(16,17)6-9/h9H,3-6H2,1-2H3,(H,14,15). The van der Waals surface area contributed by atoms with Crippen molar-refractivity contribution in [1.29, 1.82) is 0 Å². The van der Waals surface area contributed by atoms with Crippen molar-refractivity contribution in [3.05, 3.63) is 10.6 Å². The number of rotatable bonds is 4. The zero-order valence-electron chi connectivity index (χ0n) is 10.8. The van der Waals surface area contributed by atoms with Crippen molar-refractivity contribution in [2.75, 3.05) is 23.0 Å². The van der Waals surface area contributed by atoms with Gasteiger partial charge in [0.2, 0.25) is 0 Å². The highest BCUT2D eigenvalue weighted by Crippen LogP contribution is 2.29. The van der Waals surface area contributed by atoms with E-state index in [4.69, 9.17) is 5.11 Å². The van der Waals surface area contributed by atoms with Crippen molar-refractivity contribution >= 4 is 32.3 Å². The minimum absolute atomic E-state index is 0.0119. The fourth-order valence-electron chi connectivity index (χ4n) is 2.10. The molecule has 2 heterocycles. The first-order chi connectivity index (χ1) is 8.78. The number of anilines is 1. The Morgan fingerprint density at radius 3 is 2.63 bits per heavy atom. The van der Waals surface area contributed by atoms with Crippen molar-refractivity contribution in [3.8, 4) is 0 Å². The molecule has 1 aromatic rings. The van der Waals surface area contributed by atoms with E-state index in [0.29, 0.717) is 11.6 Å². The van der Waals surface area contributed by atoms with Gasteiger partial charge >= 0.3 is 5.97 Å². The number of sulfone groups is 1. The lowest BCUT2D eigenvalue weighted by molar-refractivity contribution is -0.135. The number of aliphatic carboxylic acids is 1. The molecule has 0 saturated carbocycles. The van der Waals surface area contributed by atoms with E-state index >= 15 is 0 Å². The minimum atomic E-state index is -3.05. The Labute approximate surface area is 116 Å². The SMILES string of the molecule is Cc1nc(N(CC(=O)O)C2CCS(=O)(=O)C2)sc1C. The molecule has 0 radical (unpaired) electrons. The smallest absolute Gasteiger partial charge is 0.323 e. The lowest BCUT2D eigenvalue weighted by Gasteiger charge is -2.25. The zero-order chi connectivity index (χ0) is 14.2. The average molecular weight is 304 g/mol. The van der Waals surface area contributed by atoms with Gasteiger partial charge in [-0.2, -0.15) is 0 Å². The first-order valence-corrected chi connectivity index (χ1v) is 8.55. The Hall–Kier alpha value is -1.15. The predicted molar refractivity (Wildman–Crippen MR) is 73.6 cm³/mol. The molecule has 0 aliphatic carbocycles. The van der Waals surface area contributed by atoms with Gasteiger partial charge in [0.05, 0.1) is 17.2 Å². The number of carboxylic acid groups (broad SMARTS) is 1. The Morgan fingerprint density at radius 1 is 1.53 bits per heavy atom. The van der Waals surface area contributed by atoms with Gasteiger partial charge in [0.15, 0.2) is 15.0 Å². The highest BCUT2D eigenvalue weighted by atomic mass is 32.2. The number of thiazole rings is 1. The maximum absolute atomic E-state index is 11.5. The lowest BCUT2D eigenvalue weighted by atomic mass is 10.2. The van der Waals surface area contributed by atoms with Crippen molar-refractivity contribution in [1.82, 2.24) is 4.98 Å². The van der Waals surface area contributed by atoms with Crippen molar-refractivity contribution in [2.24, 2.45) is 0 Å². The van der Waals surface area contributed by atoms with Crippen molar-refractivity contribution in [2.45, 2.75) is 26.3 Å². The first-order valence-electron chi connectivity index (χ1n) is 5.91. The summed E-state index contributed by atoms with van der Waals surface area (Å²) in [6, 6.07) is -0.286. The van der Waals surface area contributed by atoms with Gasteiger partial charge in [-0.05, 0) is 20.3 Å². The van der Waals surface area contributed by atoms with Crippen LogP contribution in [0.4, 0.5) is 5.13 Å². The first kappa shape index (κ1) is 14.3. The maximum atomic E-state index is 11.5. The number of aryl methyl sites for hydroxylation is 2. The summed E-state index contributed by atoms with van der Waals surface area (Å²) in [5.74, 6) is -0.843. The molecule has 1 N–H and O–H groups in total. The number of carbonyl (C=O) groups is 1. The summed E-state index contributed by atoms with van der Waals surface area (Å²) in [5, 5.41) is 9.59. The summed E-state index contributed by atoms with van der Waals surface area (Å²) in [4.78, 5) is 17.9. The van der Waals surface area contributed by atoms with Gasteiger partial charge in [0.1, 0.15) is 6.54 Å². The average Bonchev–Trinajstić information content (AvgIpc) is 2.79. The van der Waals surface area contributed by atoms with Gasteiger partial charge < -0.3 is 10.0 Å². The number of nitrogens with zero attached hydrogens (tertiary/aromatic N) is 2. The third kappa shape index (κ3) is 3.24. The highest BCUT2D eigenvalue weighted by Gasteiger charge is 2.34. The molecule has 1 unspecified atom stereocenters. The second-order valence-electron chi connectivity index (χ2n) is 4.72. The van der Waals surface area contributed by atoms with Gasteiger partial charge in [0, 0.05) is 10.9 Å². The Morgan fingerprint density at radius 2 is 2.21 bits per heavy atom.